The van der Waals surface area contributed by atoms with Gasteiger partial charge in [0, 0.05) is 18.1 Å². The molecule has 0 saturated carbocycles. The van der Waals surface area contributed by atoms with Gasteiger partial charge in [-0.2, -0.15) is 0 Å². The highest BCUT2D eigenvalue weighted by atomic mass is 16.2. The molecular weight excluding hydrogens is 336 g/mol. The van der Waals surface area contributed by atoms with Crippen LogP contribution < -0.4 is 10.7 Å². The first kappa shape index (κ1) is 16.3. The smallest absolute Gasteiger partial charge is 0.257 e. The molecule has 136 valence electrons. The minimum absolute atomic E-state index is 0.0229. The summed E-state index contributed by atoms with van der Waals surface area (Å²) >= 11 is 0. The molecule has 3 aromatic rings. The van der Waals surface area contributed by atoms with Crippen LogP contribution in [0, 0.1) is 0 Å². The number of para-hydroxylation sites is 1. The molecule has 1 N–H and O–H groups in total. The second-order valence-corrected chi connectivity index (χ2v) is 7.60. The van der Waals surface area contributed by atoms with Crippen molar-refractivity contribution in [1.82, 2.24) is 9.88 Å². The number of nitrogens with one attached hydrogen (secondary N) is 1. The Labute approximate surface area is 157 Å². The minimum Gasteiger partial charge on any atom is -0.346 e. The van der Waals surface area contributed by atoms with Gasteiger partial charge in [-0.25, -0.2) is 0 Å². The summed E-state index contributed by atoms with van der Waals surface area (Å²) in [5.74, 6) is -0.261. The van der Waals surface area contributed by atoms with E-state index in [4.69, 9.17) is 0 Å². The number of rotatable bonds is 2. The number of pyridine rings is 1. The highest BCUT2D eigenvalue weighted by Gasteiger charge is 2.24. The second kappa shape index (κ2) is 6.38. The zero-order chi connectivity index (χ0) is 18.4. The highest BCUT2D eigenvalue weighted by molar-refractivity contribution is 5.98. The number of aromatic nitrogens is 1. The SMILES string of the molecule is O=C(N[C@@H]1CCCc2ccccc21)c1cn2c3c(cccc3c1=O)CCC2. The summed E-state index contributed by atoms with van der Waals surface area (Å²) in [5, 5.41) is 3.78. The lowest BCUT2D eigenvalue weighted by molar-refractivity contribution is 0.0931. The largest absolute Gasteiger partial charge is 0.346 e. The molecule has 1 atom stereocenters. The molecule has 2 aromatic carbocycles. The van der Waals surface area contributed by atoms with Gasteiger partial charge in [0.15, 0.2) is 0 Å². The maximum absolute atomic E-state index is 13.0. The molecule has 4 heteroatoms. The van der Waals surface area contributed by atoms with E-state index in [1.54, 1.807) is 6.20 Å². The van der Waals surface area contributed by atoms with Crippen molar-refractivity contribution >= 4 is 16.8 Å². The third-order valence-corrected chi connectivity index (χ3v) is 5.95. The van der Waals surface area contributed by atoms with Crippen molar-refractivity contribution in [3.05, 3.63) is 81.1 Å². The zero-order valence-electron chi connectivity index (χ0n) is 15.2. The highest BCUT2D eigenvalue weighted by Crippen LogP contribution is 2.30. The molecule has 0 radical (unpaired) electrons. The lowest BCUT2D eigenvalue weighted by Crippen LogP contribution is -2.34. The van der Waals surface area contributed by atoms with Gasteiger partial charge in [0.05, 0.1) is 11.6 Å². The Hall–Kier alpha value is -2.88. The molecule has 1 amide bonds. The Kier molecular flexibility index (Phi) is 3.85. The van der Waals surface area contributed by atoms with Crippen molar-refractivity contribution in [2.24, 2.45) is 0 Å². The molecule has 4 nitrogen and oxygen atoms in total. The number of amides is 1. The van der Waals surface area contributed by atoms with Gasteiger partial charge in [-0.1, -0.05) is 36.4 Å². The van der Waals surface area contributed by atoms with Gasteiger partial charge in [-0.05, 0) is 54.9 Å². The fourth-order valence-electron chi connectivity index (χ4n) is 4.66. The van der Waals surface area contributed by atoms with Gasteiger partial charge in [0.2, 0.25) is 5.43 Å². The number of fused-ring (bicyclic) bond motifs is 1. The second-order valence-electron chi connectivity index (χ2n) is 7.60. The molecule has 2 aliphatic rings. The summed E-state index contributed by atoms with van der Waals surface area (Å²) in [6.45, 7) is 0.848. The van der Waals surface area contributed by atoms with Crippen LogP contribution in [0.3, 0.4) is 0 Å². The van der Waals surface area contributed by atoms with Crippen molar-refractivity contribution in [2.45, 2.75) is 44.7 Å². The molecule has 2 heterocycles. The molecule has 27 heavy (non-hydrogen) atoms. The van der Waals surface area contributed by atoms with E-state index in [1.807, 2.05) is 24.3 Å². The lowest BCUT2D eigenvalue weighted by Gasteiger charge is -2.26. The Bertz CT molecular complexity index is 1110. The Morgan fingerprint density at radius 3 is 2.74 bits per heavy atom. The van der Waals surface area contributed by atoms with Crippen LogP contribution in [-0.2, 0) is 19.4 Å². The summed E-state index contributed by atoms with van der Waals surface area (Å²) in [4.78, 5) is 26.1. The molecule has 0 unspecified atom stereocenters. The lowest BCUT2D eigenvalue weighted by atomic mass is 9.87. The number of carbonyl (C=O) groups is 1. The zero-order valence-corrected chi connectivity index (χ0v) is 15.2. The number of aryl methyl sites for hydroxylation is 3. The van der Waals surface area contributed by atoms with Gasteiger partial charge in [-0.15, -0.1) is 0 Å². The molecule has 0 bridgehead atoms. The number of hydrogen-bond acceptors (Lipinski definition) is 2. The summed E-state index contributed by atoms with van der Waals surface area (Å²) in [6, 6.07) is 14.1. The number of nitrogens with zero attached hydrogens (tertiary/aromatic N) is 1. The monoisotopic (exact) mass is 358 g/mol. The maximum Gasteiger partial charge on any atom is 0.257 e. The first-order valence-corrected chi connectivity index (χ1v) is 9.76. The number of carbonyl (C=O) groups excluding carboxylic acids is 1. The van der Waals surface area contributed by atoms with Gasteiger partial charge in [-0.3, -0.25) is 9.59 Å². The quantitative estimate of drug-likeness (QED) is 0.758. The Balaban J connectivity index is 1.54. The van der Waals surface area contributed by atoms with Crippen molar-refractivity contribution < 1.29 is 4.79 Å². The topological polar surface area (TPSA) is 51.1 Å². The van der Waals surface area contributed by atoms with Crippen LogP contribution in [0.25, 0.3) is 10.9 Å². The van der Waals surface area contributed by atoms with E-state index in [0.717, 1.165) is 44.2 Å². The van der Waals surface area contributed by atoms with Gasteiger partial charge in [0.25, 0.3) is 5.91 Å². The standard InChI is InChI=1S/C23H22N2O2/c26-22-18-11-3-8-16-9-5-13-25(21(16)18)14-19(22)23(27)24-20-12-4-7-15-6-1-2-10-17(15)20/h1-3,6,8,10-11,14,20H,4-5,7,9,12-13H2,(H,24,27)/t20-/m1/s1. The van der Waals surface area contributed by atoms with E-state index in [0.29, 0.717) is 5.39 Å². The van der Waals surface area contributed by atoms with Gasteiger partial charge in [0.1, 0.15) is 5.56 Å². The molecule has 0 saturated heterocycles. The fraction of sp³-hybridized carbons (Fsp3) is 0.304. The maximum atomic E-state index is 13.0. The summed E-state index contributed by atoms with van der Waals surface area (Å²) < 4.78 is 2.08. The molecule has 1 aliphatic heterocycles. The van der Waals surface area contributed by atoms with E-state index in [9.17, 15) is 9.59 Å². The van der Waals surface area contributed by atoms with E-state index >= 15 is 0 Å². The number of hydrogen-bond donors (Lipinski definition) is 1. The van der Waals surface area contributed by atoms with Gasteiger partial charge < -0.3 is 9.88 Å². The molecule has 1 aromatic heterocycles. The van der Waals surface area contributed by atoms with Crippen LogP contribution in [0.15, 0.2) is 53.5 Å². The predicted octanol–water partition coefficient (Wildman–Crippen LogP) is 3.76. The van der Waals surface area contributed by atoms with Crippen molar-refractivity contribution in [2.75, 3.05) is 0 Å². The first-order chi connectivity index (χ1) is 13.2. The normalized spacial score (nSPS) is 18.1. The Morgan fingerprint density at radius 1 is 1.00 bits per heavy atom. The first-order valence-electron chi connectivity index (χ1n) is 9.76. The fourth-order valence-corrected chi connectivity index (χ4v) is 4.66. The molecule has 5 rings (SSSR count). The third-order valence-electron chi connectivity index (χ3n) is 5.95. The van der Waals surface area contributed by atoms with Gasteiger partial charge >= 0.3 is 0 Å². The Morgan fingerprint density at radius 2 is 1.81 bits per heavy atom. The molecule has 0 fully saturated rings. The van der Waals surface area contributed by atoms with Crippen LogP contribution in [0.1, 0.15) is 52.4 Å². The average molecular weight is 358 g/mol. The van der Waals surface area contributed by atoms with Crippen molar-refractivity contribution in [1.29, 1.82) is 0 Å². The van der Waals surface area contributed by atoms with Crippen molar-refractivity contribution in [3.8, 4) is 0 Å². The number of benzene rings is 2. The van der Waals surface area contributed by atoms with E-state index in [2.05, 4.69) is 28.1 Å². The summed E-state index contributed by atoms with van der Waals surface area (Å²) in [7, 11) is 0. The van der Waals surface area contributed by atoms with E-state index in [-0.39, 0.29) is 22.9 Å². The van der Waals surface area contributed by atoms with Crippen LogP contribution in [0.5, 0.6) is 0 Å². The molecule has 0 spiro atoms. The van der Waals surface area contributed by atoms with E-state index in [1.165, 1.54) is 16.7 Å². The minimum atomic E-state index is -0.261. The van der Waals surface area contributed by atoms with Crippen LogP contribution in [0.2, 0.25) is 0 Å². The van der Waals surface area contributed by atoms with Crippen LogP contribution in [-0.4, -0.2) is 10.5 Å². The predicted molar refractivity (Wildman–Crippen MR) is 106 cm³/mol. The summed E-state index contributed by atoms with van der Waals surface area (Å²) in [5.41, 5.74) is 4.76. The van der Waals surface area contributed by atoms with Crippen LogP contribution >= 0.6 is 0 Å². The average Bonchev–Trinajstić information content (AvgIpc) is 2.71. The summed E-state index contributed by atoms with van der Waals surface area (Å²) in [6.07, 6.45) is 6.79. The van der Waals surface area contributed by atoms with Crippen LogP contribution in [0.4, 0.5) is 0 Å². The van der Waals surface area contributed by atoms with E-state index < -0.39 is 0 Å². The molecular formula is C23H22N2O2. The van der Waals surface area contributed by atoms with Crippen molar-refractivity contribution in [3.63, 3.8) is 0 Å². The molecule has 1 aliphatic carbocycles. The third kappa shape index (κ3) is 2.67.